The van der Waals surface area contributed by atoms with Crippen molar-refractivity contribution in [2.75, 3.05) is 24.7 Å². The summed E-state index contributed by atoms with van der Waals surface area (Å²) in [5.74, 6) is 0.916. The topological polar surface area (TPSA) is 35.2 Å². The molecule has 0 fully saturated rings. The predicted octanol–water partition coefficient (Wildman–Crippen LogP) is 3.05. The molecule has 14 heavy (non-hydrogen) atoms. The zero-order valence-electron chi connectivity index (χ0n) is 8.13. The van der Waals surface area contributed by atoms with Gasteiger partial charge in [-0.1, -0.05) is 11.6 Å². The average Bonchev–Trinajstić information content (AvgIpc) is 2.15. The molecule has 0 heterocycles. The van der Waals surface area contributed by atoms with Crippen LogP contribution in [0.25, 0.3) is 0 Å². The number of hydrogen-bond donors (Lipinski definition) is 1. The minimum Gasteiger partial charge on any atom is -0.398 e. The van der Waals surface area contributed by atoms with Crippen LogP contribution >= 0.6 is 23.4 Å². The third-order valence-electron chi connectivity index (χ3n) is 1.66. The van der Waals surface area contributed by atoms with Crippen LogP contribution in [0.4, 0.5) is 5.69 Å². The SMILES string of the molecule is CCOCCSc1ccc(Cl)cc1N. The predicted molar refractivity (Wildman–Crippen MR) is 63.1 cm³/mol. The van der Waals surface area contributed by atoms with Crippen LogP contribution in [0.15, 0.2) is 23.1 Å². The highest BCUT2D eigenvalue weighted by Gasteiger charge is 2.00. The molecule has 0 spiro atoms. The molecule has 0 saturated heterocycles. The third kappa shape index (κ3) is 3.78. The van der Waals surface area contributed by atoms with Crippen molar-refractivity contribution in [1.82, 2.24) is 0 Å². The Labute approximate surface area is 93.8 Å². The van der Waals surface area contributed by atoms with Crippen molar-refractivity contribution < 1.29 is 4.74 Å². The van der Waals surface area contributed by atoms with Crippen molar-refractivity contribution >= 4 is 29.1 Å². The summed E-state index contributed by atoms with van der Waals surface area (Å²) in [6.07, 6.45) is 0. The summed E-state index contributed by atoms with van der Waals surface area (Å²) < 4.78 is 5.23. The lowest BCUT2D eigenvalue weighted by Gasteiger charge is -2.05. The molecule has 0 radical (unpaired) electrons. The number of thioether (sulfide) groups is 1. The van der Waals surface area contributed by atoms with Gasteiger partial charge in [0.15, 0.2) is 0 Å². The van der Waals surface area contributed by atoms with E-state index in [0.29, 0.717) is 5.02 Å². The summed E-state index contributed by atoms with van der Waals surface area (Å²) in [5, 5.41) is 0.677. The van der Waals surface area contributed by atoms with Gasteiger partial charge < -0.3 is 10.5 Å². The van der Waals surface area contributed by atoms with Gasteiger partial charge in [0.25, 0.3) is 0 Å². The van der Waals surface area contributed by atoms with E-state index in [9.17, 15) is 0 Å². The second kappa shape index (κ2) is 6.17. The second-order valence-electron chi connectivity index (χ2n) is 2.73. The molecule has 1 rings (SSSR count). The number of benzene rings is 1. The Morgan fingerprint density at radius 3 is 2.93 bits per heavy atom. The molecule has 0 saturated carbocycles. The molecular formula is C10H14ClNOS. The van der Waals surface area contributed by atoms with E-state index in [1.54, 1.807) is 17.8 Å². The number of ether oxygens (including phenoxy) is 1. The standard InChI is InChI=1S/C10H14ClNOS/c1-2-13-5-6-14-10-4-3-8(11)7-9(10)12/h3-4,7H,2,5-6,12H2,1H3. The summed E-state index contributed by atoms with van der Waals surface area (Å²) >= 11 is 7.47. The van der Waals surface area contributed by atoms with Crippen LogP contribution in [0.3, 0.4) is 0 Å². The fraction of sp³-hybridized carbons (Fsp3) is 0.400. The highest BCUT2D eigenvalue weighted by atomic mass is 35.5. The first-order valence-corrected chi connectivity index (χ1v) is 5.86. The first-order valence-electron chi connectivity index (χ1n) is 4.49. The fourth-order valence-electron chi connectivity index (χ4n) is 1.01. The Balaban J connectivity index is 2.42. The van der Waals surface area contributed by atoms with Crippen molar-refractivity contribution in [3.8, 4) is 0 Å². The zero-order valence-corrected chi connectivity index (χ0v) is 9.70. The van der Waals surface area contributed by atoms with Crippen molar-refractivity contribution in [2.24, 2.45) is 0 Å². The second-order valence-corrected chi connectivity index (χ2v) is 4.30. The molecule has 0 aliphatic heterocycles. The summed E-state index contributed by atoms with van der Waals surface area (Å²) in [6, 6.07) is 5.56. The van der Waals surface area contributed by atoms with Gasteiger partial charge in [-0.15, -0.1) is 11.8 Å². The van der Waals surface area contributed by atoms with Crippen LogP contribution in [0.2, 0.25) is 5.02 Å². The molecule has 0 aromatic heterocycles. The number of halogens is 1. The first-order chi connectivity index (χ1) is 6.74. The van der Waals surface area contributed by atoms with E-state index in [1.165, 1.54) is 0 Å². The molecule has 2 nitrogen and oxygen atoms in total. The van der Waals surface area contributed by atoms with Gasteiger partial charge >= 0.3 is 0 Å². The summed E-state index contributed by atoms with van der Waals surface area (Å²) in [4.78, 5) is 1.06. The first kappa shape index (κ1) is 11.7. The highest BCUT2D eigenvalue weighted by molar-refractivity contribution is 7.99. The third-order valence-corrected chi connectivity index (χ3v) is 2.95. The van der Waals surface area contributed by atoms with E-state index in [-0.39, 0.29) is 0 Å². The maximum Gasteiger partial charge on any atom is 0.0560 e. The van der Waals surface area contributed by atoms with E-state index in [4.69, 9.17) is 22.1 Å². The molecule has 0 aliphatic carbocycles. The van der Waals surface area contributed by atoms with Gasteiger partial charge in [0.1, 0.15) is 0 Å². The van der Waals surface area contributed by atoms with Crippen LogP contribution in [0.1, 0.15) is 6.92 Å². The number of nitrogen functional groups attached to an aromatic ring is 1. The molecule has 1 aromatic carbocycles. The molecule has 0 unspecified atom stereocenters. The van der Waals surface area contributed by atoms with Crippen LogP contribution in [-0.2, 0) is 4.74 Å². The summed E-state index contributed by atoms with van der Waals surface area (Å²) in [5.41, 5.74) is 6.53. The van der Waals surface area contributed by atoms with Crippen molar-refractivity contribution in [2.45, 2.75) is 11.8 Å². The molecule has 0 bridgehead atoms. The largest absolute Gasteiger partial charge is 0.398 e. The fourth-order valence-corrected chi connectivity index (χ4v) is 2.00. The van der Waals surface area contributed by atoms with Crippen molar-refractivity contribution in [1.29, 1.82) is 0 Å². The molecule has 4 heteroatoms. The minimum absolute atomic E-state index is 0.677. The Kier molecular flexibility index (Phi) is 5.15. The van der Waals surface area contributed by atoms with Gasteiger partial charge in [-0.2, -0.15) is 0 Å². The van der Waals surface area contributed by atoms with Crippen LogP contribution < -0.4 is 5.73 Å². The van der Waals surface area contributed by atoms with Gasteiger partial charge in [-0.3, -0.25) is 0 Å². The number of nitrogens with two attached hydrogens (primary N) is 1. The monoisotopic (exact) mass is 231 g/mol. The number of anilines is 1. The zero-order chi connectivity index (χ0) is 10.4. The van der Waals surface area contributed by atoms with Gasteiger partial charge in [0, 0.05) is 28.0 Å². The smallest absolute Gasteiger partial charge is 0.0560 e. The normalized spacial score (nSPS) is 10.4. The maximum atomic E-state index is 5.79. The van der Waals surface area contributed by atoms with E-state index in [0.717, 1.165) is 29.5 Å². The molecule has 0 amide bonds. The molecule has 0 atom stereocenters. The maximum absolute atomic E-state index is 5.79. The number of hydrogen-bond acceptors (Lipinski definition) is 3. The lowest BCUT2D eigenvalue weighted by molar-refractivity contribution is 0.164. The highest BCUT2D eigenvalue weighted by Crippen LogP contribution is 2.27. The lowest BCUT2D eigenvalue weighted by atomic mass is 10.3. The Bertz CT molecular complexity index is 293. The van der Waals surface area contributed by atoms with Crippen molar-refractivity contribution in [3.05, 3.63) is 23.2 Å². The van der Waals surface area contributed by atoms with Gasteiger partial charge in [0.2, 0.25) is 0 Å². The Morgan fingerprint density at radius 2 is 2.29 bits per heavy atom. The van der Waals surface area contributed by atoms with Gasteiger partial charge in [-0.25, -0.2) is 0 Å². The van der Waals surface area contributed by atoms with Crippen LogP contribution in [-0.4, -0.2) is 19.0 Å². The molecule has 78 valence electrons. The van der Waals surface area contributed by atoms with E-state index >= 15 is 0 Å². The van der Waals surface area contributed by atoms with Gasteiger partial charge in [0.05, 0.1) is 6.61 Å². The lowest BCUT2D eigenvalue weighted by Crippen LogP contribution is -1.97. The Morgan fingerprint density at radius 1 is 1.50 bits per heavy atom. The van der Waals surface area contributed by atoms with E-state index in [1.807, 2.05) is 19.1 Å². The quantitative estimate of drug-likeness (QED) is 0.481. The minimum atomic E-state index is 0.677. The summed E-state index contributed by atoms with van der Waals surface area (Å²) in [6.45, 7) is 3.50. The molecule has 0 aliphatic rings. The van der Waals surface area contributed by atoms with Crippen molar-refractivity contribution in [3.63, 3.8) is 0 Å². The van der Waals surface area contributed by atoms with Crippen LogP contribution in [0.5, 0.6) is 0 Å². The summed E-state index contributed by atoms with van der Waals surface area (Å²) in [7, 11) is 0. The average molecular weight is 232 g/mol. The molecular weight excluding hydrogens is 218 g/mol. The van der Waals surface area contributed by atoms with Gasteiger partial charge in [-0.05, 0) is 25.1 Å². The van der Waals surface area contributed by atoms with E-state index < -0.39 is 0 Å². The number of rotatable bonds is 5. The van der Waals surface area contributed by atoms with Crippen LogP contribution in [0, 0.1) is 0 Å². The Hall–Kier alpha value is -0.380. The molecule has 1 aromatic rings. The van der Waals surface area contributed by atoms with E-state index in [2.05, 4.69) is 0 Å². The molecule has 2 N–H and O–H groups in total.